The normalized spacial score (nSPS) is 17.7. The van der Waals surface area contributed by atoms with E-state index in [1.54, 1.807) is 24.3 Å². The molecule has 2 N–H and O–H groups in total. The van der Waals surface area contributed by atoms with Gasteiger partial charge in [0.05, 0.1) is 11.6 Å². The minimum atomic E-state index is -0.818. The zero-order valence-electron chi connectivity index (χ0n) is 18.3. The maximum Gasteiger partial charge on any atom is 0.300 e. The first-order valence-corrected chi connectivity index (χ1v) is 10.6. The van der Waals surface area contributed by atoms with Gasteiger partial charge in [0.1, 0.15) is 11.5 Å². The highest BCUT2D eigenvalue weighted by Gasteiger charge is 2.47. The van der Waals surface area contributed by atoms with E-state index in [1.807, 2.05) is 51.1 Å². The van der Waals surface area contributed by atoms with Gasteiger partial charge in [-0.25, -0.2) is 0 Å². The summed E-state index contributed by atoms with van der Waals surface area (Å²) in [7, 11) is 0. The Morgan fingerprint density at radius 1 is 0.938 bits per heavy atom. The molecule has 1 unspecified atom stereocenters. The molecular weight excluding hydrogens is 402 g/mol. The maximum atomic E-state index is 13.2. The highest BCUT2D eigenvalue weighted by molar-refractivity contribution is 6.51. The summed E-state index contributed by atoms with van der Waals surface area (Å²) in [6, 6.07) is 18.5. The number of phenols is 1. The van der Waals surface area contributed by atoms with E-state index in [4.69, 9.17) is 0 Å². The van der Waals surface area contributed by atoms with Crippen LogP contribution in [0.2, 0.25) is 0 Å². The second kappa shape index (κ2) is 8.35. The Kier molecular flexibility index (Phi) is 5.57. The molecule has 4 rings (SSSR count). The summed E-state index contributed by atoms with van der Waals surface area (Å²) in [5.74, 6) is -1.56. The van der Waals surface area contributed by atoms with Gasteiger partial charge in [-0.15, -0.1) is 0 Å². The van der Waals surface area contributed by atoms with E-state index in [1.165, 1.54) is 17.0 Å². The molecule has 0 aliphatic carbocycles. The van der Waals surface area contributed by atoms with Gasteiger partial charge in [0.15, 0.2) is 0 Å². The molecule has 3 aromatic rings. The van der Waals surface area contributed by atoms with Crippen molar-refractivity contribution in [2.75, 3.05) is 4.90 Å². The molecule has 1 aliphatic heterocycles. The summed E-state index contributed by atoms with van der Waals surface area (Å²) in [4.78, 5) is 27.9. The number of aryl methyl sites for hydroxylation is 3. The summed E-state index contributed by atoms with van der Waals surface area (Å²) in [6.07, 6.45) is 0.853. The molecule has 0 radical (unpaired) electrons. The van der Waals surface area contributed by atoms with Gasteiger partial charge in [0.2, 0.25) is 0 Å². The third-order valence-corrected chi connectivity index (χ3v) is 5.91. The number of aliphatic hydroxyl groups is 1. The van der Waals surface area contributed by atoms with Crippen molar-refractivity contribution in [3.8, 4) is 5.75 Å². The van der Waals surface area contributed by atoms with Crippen molar-refractivity contribution < 1.29 is 19.8 Å². The van der Waals surface area contributed by atoms with Crippen LogP contribution in [0.1, 0.15) is 40.8 Å². The van der Waals surface area contributed by atoms with Gasteiger partial charge in [0.25, 0.3) is 11.7 Å². The van der Waals surface area contributed by atoms with Crippen molar-refractivity contribution in [1.82, 2.24) is 0 Å². The van der Waals surface area contributed by atoms with Crippen LogP contribution in [-0.2, 0) is 16.0 Å². The lowest BCUT2D eigenvalue weighted by Gasteiger charge is -2.27. The fraction of sp³-hybridized carbons (Fsp3) is 0.185. The van der Waals surface area contributed by atoms with Gasteiger partial charge in [-0.3, -0.25) is 14.5 Å². The lowest BCUT2D eigenvalue weighted by Crippen LogP contribution is -2.30. The summed E-state index contributed by atoms with van der Waals surface area (Å²) in [5, 5.41) is 20.9. The average molecular weight is 428 g/mol. The summed E-state index contributed by atoms with van der Waals surface area (Å²) in [5.41, 5.74) is 4.64. The first-order valence-electron chi connectivity index (χ1n) is 10.6. The molecule has 5 heteroatoms. The van der Waals surface area contributed by atoms with Crippen LogP contribution in [0.25, 0.3) is 5.76 Å². The lowest BCUT2D eigenvalue weighted by molar-refractivity contribution is -0.132. The van der Waals surface area contributed by atoms with Crippen LogP contribution < -0.4 is 4.90 Å². The molecule has 0 aromatic heterocycles. The van der Waals surface area contributed by atoms with Gasteiger partial charge >= 0.3 is 0 Å². The van der Waals surface area contributed by atoms with Crippen molar-refractivity contribution >= 4 is 23.1 Å². The lowest BCUT2D eigenvalue weighted by atomic mass is 9.94. The Morgan fingerprint density at radius 3 is 2.22 bits per heavy atom. The summed E-state index contributed by atoms with van der Waals surface area (Å²) >= 11 is 0. The van der Waals surface area contributed by atoms with Crippen LogP contribution >= 0.6 is 0 Å². The standard InChI is InChI=1S/C27H25NO4/c1-4-18-7-9-20(10-8-18)25(30)23-24(19-11-13-21(29)14-12-19)28(27(32)26(23)31)22-15-16(2)5-6-17(22)3/h5-15,24,29-30H,4H2,1-3H3/b25-23+. The minimum Gasteiger partial charge on any atom is -0.508 e. The molecule has 1 atom stereocenters. The molecule has 0 spiro atoms. The van der Waals surface area contributed by atoms with E-state index < -0.39 is 17.7 Å². The Labute approximate surface area is 187 Å². The van der Waals surface area contributed by atoms with Gasteiger partial charge < -0.3 is 10.2 Å². The number of anilines is 1. The van der Waals surface area contributed by atoms with E-state index in [-0.39, 0.29) is 17.1 Å². The van der Waals surface area contributed by atoms with Crippen molar-refractivity contribution in [3.05, 3.63) is 100 Å². The number of nitrogens with zero attached hydrogens (tertiary/aromatic N) is 1. The first-order chi connectivity index (χ1) is 15.3. The summed E-state index contributed by atoms with van der Waals surface area (Å²) < 4.78 is 0. The van der Waals surface area contributed by atoms with E-state index in [2.05, 4.69) is 0 Å². The fourth-order valence-corrected chi connectivity index (χ4v) is 4.09. The number of hydrogen-bond donors (Lipinski definition) is 2. The number of benzene rings is 3. The van der Waals surface area contributed by atoms with E-state index in [0.717, 1.165) is 23.1 Å². The minimum absolute atomic E-state index is 0.0332. The highest BCUT2D eigenvalue weighted by atomic mass is 16.3. The first kappa shape index (κ1) is 21.4. The Hall–Kier alpha value is -3.86. The van der Waals surface area contributed by atoms with Crippen LogP contribution in [0.15, 0.2) is 72.3 Å². The zero-order valence-corrected chi connectivity index (χ0v) is 18.3. The predicted molar refractivity (Wildman–Crippen MR) is 125 cm³/mol. The predicted octanol–water partition coefficient (Wildman–Crippen LogP) is 5.20. The number of ketones is 1. The Morgan fingerprint density at radius 2 is 1.59 bits per heavy atom. The number of carbonyl (C=O) groups is 2. The number of aliphatic hydroxyl groups excluding tert-OH is 1. The Balaban J connectivity index is 1.95. The van der Waals surface area contributed by atoms with Crippen LogP contribution in [0.3, 0.4) is 0 Å². The second-order valence-electron chi connectivity index (χ2n) is 8.10. The number of carbonyl (C=O) groups excluding carboxylic acids is 2. The third kappa shape index (κ3) is 3.66. The molecule has 162 valence electrons. The van der Waals surface area contributed by atoms with Crippen LogP contribution in [-0.4, -0.2) is 21.9 Å². The molecule has 1 aliphatic rings. The third-order valence-electron chi connectivity index (χ3n) is 5.91. The second-order valence-corrected chi connectivity index (χ2v) is 8.10. The number of hydrogen-bond acceptors (Lipinski definition) is 4. The molecule has 1 amide bonds. The van der Waals surface area contributed by atoms with Crippen molar-refractivity contribution in [1.29, 1.82) is 0 Å². The number of aromatic hydroxyl groups is 1. The van der Waals surface area contributed by atoms with Gasteiger partial charge in [-0.05, 0) is 60.7 Å². The summed E-state index contributed by atoms with van der Waals surface area (Å²) in [6.45, 7) is 5.84. The topological polar surface area (TPSA) is 77.8 Å². The molecule has 0 bridgehead atoms. The fourth-order valence-electron chi connectivity index (χ4n) is 4.09. The van der Waals surface area contributed by atoms with Crippen molar-refractivity contribution in [2.45, 2.75) is 33.2 Å². The average Bonchev–Trinajstić information content (AvgIpc) is 3.06. The maximum absolute atomic E-state index is 13.2. The molecule has 3 aromatic carbocycles. The number of amides is 1. The largest absolute Gasteiger partial charge is 0.508 e. The van der Waals surface area contributed by atoms with E-state index in [0.29, 0.717) is 16.8 Å². The van der Waals surface area contributed by atoms with Crippen LogP contribution in [0, 0.1) is 13.8 Å². The number of Topliss-reactive ketones (excluding diaryl/α,β-unsaturated/α-hetero) is 1. The van der Waals surface area contributed by atoms with Crippen molar-refractivity contribution in [3.63, 3.8) is 0 Å². The number of phenolic OH excluding ortho intramolecular Hbond substituents is 1. The SMILES string of the molecule is CCc1ccc(/C(O)=C2\C(=O)C(=O)N(c3cc(C)ccc3C)C2c2ccc(O)cc2)cc1. The molecule has 1 saturated heterocycles. The van der Waals surface area contributed by atoms with Gasteiger partial charge in [-0.2, -0.15) is 0 Å². The number of rotatable bonds is 4. The molecule has 0 saturated carbocycles. The monoisotopic (exact) mass is 427 g/mol. The van der Waals surface area contributed by atoms with Gasteiger partial charge in [0, 0.05) is 11.3 Å². The van der Waals surface area contributed by atoms with Gasteiger partial charge in [-0.1, -0.05) is 55.5 Å². The molecular formula is C27H25NO4. The zero-order chi connectivity index (χ0) is 23.0. The van der Waals surface area contributed by atoms with Crippen molar-refractivity contribution in [2.24, 2.45) is 0 Å². The Bertz CT molecular complexity index is 1220. The molecule has 5 nitrogen and oxygen atoms in total. The van der Waals surface area contributed by atoms with E-state index >= 15 is 0 Å². The highest BCUT2D eigenvalue weighted by Crippen LogP contribution is 2.43. The quantitative estimate of drug-likeness (QED) is 0.341. The molecule has 1 heterocycles. The molecule has 32 heavy (non-hydrogen) atoms. The molecule has 1 fully saturated rings. The van der Waals surface area contributed by atoms with E-state index in [9.17, 15) is 19.8 Å². The van der Waals surface area contributed by atoms with Crippen LogP contribution in [0.4, 0.5) is 5.69 Å². The van der Waals surface area contributed by atoms with Crippen LogP contribution in [0.5, 0.6) is 5.75 Å². The smallest absolute Gasteiger partial charge is 0.300 e.